The molecule has 5 heteroatoms. The van der Waals surface area contributed by atoms with E-state index in [0.29, 0.717) is 5.69 Å². The number of nitro groups is 1. The van der Waals surface area contributed by atoms with Gasteiger partial charge in [-0.15, -0.1) is 0 Å². The number of halogens is 1. The number of anilines is 1. The van der Waals surface area contributed by atoms with Crippen LogP contribution in [0.1, 0.15) is 18.5 Å². The van der Waals surface area contributed by atoms with E-state index in [9.17, 15) is 14.5 Å². The zero-order chi connectivity index (χ0) is 13.8. The van der Waals surface area contributed by atoms with E-state index in [1.165, 1.54) is 24.3 Å². The van der Waals surface area contributed by atoms with E-state index in [4.69, 9.17) is 0 Å². The third-order valence-electron chi connectivity index (χ3n) is 2.81. The Kier molecular flexibility index (Phi) is 3.75. The fourth-order valence-corrected chi connectivity index (χ4v) is 1.79. The molecule has 2 aromatic carbocycles. The fraction of sp³-hybridized carbons (Fsp3) is 0.143. The Morgan fingerprint density at radius 3 is 2.53 bits per heavy atom. The second kappa shape index (κ2) is 5.48. The van der Waals surface area contributed by atoms with Crippen LogP contribution in [0.4, 0.5) is 15.8 Å². The summed E-state index contributed by atoms with van der Waals surface area (Å²) in [7, 11) is 0. The maximum absolute atomic E-state index is 12.8. The van der Waals surface area contributed by atoms with Crippen LogP contribution in [-0.4, -0.2) is 4.92 Å². The molecule has 0 aliphatic rings. The predicted octanol–water partition coefficient (Wildman–Crippen LogP) is 3.91. The van der Waals surface area contributed by atoms with Gasteiger partial charge < -0.3 is 5.32 Å². The lowest BCUT2D eigenvalue weighted by atomic mass is 10.1. The third-order valence-corrected chi connectivity index (χ3v) is 2.81. The molecule has 0 aliphatic heterocycles. The fourth-order valence-electron chi connectivity index (χ4n) is 1.79. The summed E-state index contributed by atoms with van der Waals surface area (Å²) >= 11 is 0. The number of nitro benzene ring substituents is 1. The van der Waals surface area contributed by atoms with E-state index < -0.39 is 4.92 Å². The molecule has 1 unspecified atom stereocenters. The molecular weight excluding hydrogens is 247 g/mol. The molecule has 98 valence electrons. The van der Waals surface area contributed by atoms with Crippen LogP contribution < -0.4 is 5.32 Å². The minimum atomic E-state index is -0.437. The van der Waals surface area contributed by atoms with Gasteiger partial charge in [0.1, 0.15) is 5.82 Å². The summed E-state index contributed by atoms with van der Waals surface area (Å²) in [5, 5.41) is 13.8. The van der Waals surface area contributed by atoms with E-state index in [1.54, 1.807) is 24.3 Å². The topological polar surface area (TPSA) is 55.2 Å². The summed E-state index contributed by atoms with van der Waals surface area (Å²) in [6.45, 7) is 1.91. The largest absolute Gasteiger partial charge is 0.378 e. The smallest absolute Gasteiger partial charge is 0.271 e. The Labute approximate surface area is 110 Å². The first-order chi connectivity index (χ1) is 9.06. The minimum Gasteiger partial charge on any atom is -0.378 e. The molecule has 4 nitrogen and oxygen atoms in total. The van der Waals surface area contributed by atoms with Crippen LogP contribution in [0.3, 0.4) is 0 Å². The SMILES string of the molecule is CC(Nc1cccc([N+](=O)[O-])c1)c1ccc(F)cc1. The van der Waals surface area contributed by atoms with Crippen molar-refractivity contribution in [1.29, 1.82) is 0 Å². The van der Waals surface area contributed by atoms with E-state index in [1.807, 2.05) is 6.92 Å². The lowest BCUT2D eigenvalue weighted by molar-refractivity contribution is -0.384. The van der Waals surface area contributed by atoms with Gasteiger partial charge in [0.15, 0.2) is 0 Å². The summed E-state index contributed by atoms with van der Waals surface area (Å²) in [6, 6.07) is 12.4. The highest BCUT2D eigenvalue weighted by Gasteiger charge is 2.09. The highest BCUT2D eigenvalue weighted by atomic mass is 19.1. The van der Waals surface area contributed by atoms with Crippen LogP contribution in [-0.2, 0) is 0 Å². The monoisotopic (exact) mass is 260 g/mol. The minimum absolute atomic E-state index is 0.0382. The molecule has 0 aliphatic carbocycles. The van der Waals surface area contributed by atoms with Crippen LogP contribution in [0, 0.1) is 15.9 Å². The number of hydrogen-bond acceptors (Lipinski definition) is 3. The van der Waals surface area contributed by atoms with Crippen LogP contribution in [0.2, 0.25) is 0 Å². The average molecular weight is 260 g/mol. The Balaban J connectivity index is 2.14. The van der Waals surface area contributed by atoms with Gasteiger partial charge >= 0.3 is 0 Å². The number of benzene rings is 2. The molecule has 0 spiro atoms. The van der Waals surface area contributed by atoms with Crippen molar-refractivity contribution in [2.75, 3.05) is 5.32 Å². The van der Waals surface area contributed by atoms with Gasteiger partial charge in [0.25, 0.3) is 5.69 Å². The first kappa shape index (κ1) is 13.0. The zero-order valence-electron chi connectivity index (χ0n) is 10.3. The Morgan fingerprint density at radius 2 is 1.89 bits per heavy atom. The molecule has 2 aromatic rings. The molecule has 0 fully saturated rings. The van der Waals surface area contributed by atoms with Crippen molar-refractivity contribution in [2.24, 2.45) is 0 Å². The summed E-state index contributed by atoms with van der Waals surface area (Å²) in [5.41, 5.74) is 1.61. The molecule has 0 saturated carbocycles. The Morgan fingerprint density at radius 1 is 1.21 bits per heavy atom. The standard InChI is InChI=1S/C14H13FN2O2/c1-10(11-5-7-12(15)8-6-11)16-13-3-2-4-14(9-13)17(18)19/h2-10,16H,1H3. The van der Waals surface area contributed by atoms with Crippen molar-refractivity contribution < 1.29 is 9.31 Å². The van der Waals surface area contributed by atoms with Gasteiger partial charge in [0, 0.05) is 23.9 Å². The van der Waals surface area contributed by atoms with Gasteiger partial charge in [-0.2, -0.15) is 0 Å². The highest BCUT2D eigenvalue weighted by molar-refractivity contribution is 5.52. The molecule has 0 amide bonds. The number of nitrogens with zero attached hydrogens (tertiary/aromatic N) is 1. The van der Waals surface area contributed by atoms with Gasteiger partial charge in [-0.05, 0) is 30.7 Å². The molecule has 0 heterocycles. The zero-order valence-corrected chi connectivity index (χ0v) is 10.3. The van der Waals surface area contributed by atoms with E-state index >= 15 is 0 Å². The maximum Gasteiger partial charge on any atom is 0.271 e. The quantitative estimate of drug-likeness (QED) is 0.669. The van der Waals surface area contributed by atoms with Crippen LogP contribution in [0.5, 0.6) is 0 Å². The van der Waals surface area contributed by atoms with Crippen molar-refractivity contribution >= 4 is 11.4 Å². The molecule has 19 heavy (non-hydrogen) atoms. The number of rotatable bonds is 4. The molecule has 0 radical (unpaired) electrons. The number of nitrogens with one attached hydrogen (secondary N) is 1. The predicted molar refractivity (Wildman–Crippen MR) is 71.5 cm³/mol. The van der Waals surface area contributed by atoms with Crippen molar-refractivity contribution in [3.8, 4) is 0 Å². The van der Waals surface area contributed by atoms with Gasteiger partial charge in [-0.3, -0.25) is 10.1 Å². The van der Waals surface area contributed by atoms with Gasteiger partial charge in [0.05, 0.1) is 4.92 Å². The number of non-ortho nitro benzene ring substituents is 1. The van der Waals surface area contributed by atoms with E-state index in [2.05, 4.69) is 5.32 Å². The van der Waals surface area contributed by atoms with Crippen molar-refractivity contribution in [3.63, 3.8) is 0 Å². The van der Waals surface area contributed by atoms with Crippen LogP contribution >= 0.6 is 0 Å². The Bertz CT molecular complexity index is 584. The highest BCUT2D eigenvalue weighted by Crippen LogP contribution is 2.22. The van der Waals surface area contributed by atoms with Crippen molar-refractivity contribution in [3.05, 3.63) is 70.0 Å². The second-order valence-corrected chi connectivity index (χ2v) is 4.23. The summed E-state index contributed by atoms with van der Waals surface area (Å²) in [5.74, 6) is -0.286. The third kappa shape index (κ3) is 3.28. The normalized spacial score (nSPS) is 11.9. The second-order valence-electron chi connectivity index (χ2n) is 4.23. The number of hydrogen-bond donors (Lipinski definition) is 1. The van der Waals surface area contributed by atoms with Crippen molar-refractivity contribution in [2.45, 2.75) is 13.0 Å². The molecule has 1 atom stereocenters. The summed E-state index contributed by atoms with van der Waals surface area (Å²) in [4.78, 5) is 10.2. The maximum atomic E-state index is 12.8. The molecule has 0 aromatic heterocycles. The molecule has 2 rings (SSSR count). The lowest BCUT2D eigenvalue weighted by Crippen LogP contribution is -2.06. The van der Waals surface area contributed by atoms with Crippen molar-refractivity contribution in [1.82, 2.24) is 0 Å². The van der Waals surface area contributed by atoms with E-state index in [-0.39, 0.29) is 17.5 Å². The molecular formula is C14H13FN2O2. The first-order valence-corrected chi connectivity index (χ1v) is 5.83. The summed E-state index contributed by atoms with van der Waals surface area (Å²) in [6.07, 6.45) is 0. The molecule has 0 saturated heterocycles. The van der Waals surface area contributed by atoms with Crippen LogP contribution in [0.15, 0.2) is 48.5 Å². The lowest BCUT2D eigenvalue weighted by Gasteiger charge is -2.15. The van der Waals surface area contributed by atoms with Gasteiger partial charge in [0.2, 0.25) is 0 Å². The first-order valence-electron chi connectivity index (χ1n) is 5.83. The Hall–Kier alpha value is -2.43. The van der Waals surface area contributed by atoms with Crippen LogP contribution in [0.25, 0.3) is 0 Å². The van der Waals surface area contributed by atoms with Gasteiger partial charge in [-0.1, -0.05) is 18.2 Å². The molecule has 0 bridgehead atoms. The van der Waals surface area contributed by atoms with E-state index in [0.717, 1.165) is 5.56 Å². The average Bonchev–Trinajstić information content (AvgIpc) is 2.39. The summed E-state index contributed by atoms with van der Waals surface area (Å²) < 4.78 is 12.8. The van der Waals surface area contributed by atoms with Gasteiger partial charge in [-0.25, -0.2) is 4.39 Å². The molecule has 1 N–H and O–H groups in total.